The predicted molar refractivity (Wildman–Crippen MR) is 50.7 cm³/mol. The molecule has 0 spiro atoms. The van der Waals surface area contributed by atoms with Gasteiger partial charge in [0.1, 0.15) is 0 Å². The van der Waals surface area contributed by atoms with Crippen LogP contribution in [0.5, 0.6) is 0 Å². The fraction of sp³-hybridized carbons (Fsp3) is 0.500. The molecule has 68 valence electrons. The minimum atomic E-state index is 0.552. The summed E-state index contributed by atoms with van der Waals surface area (Å²) in [6.07, 6.45) is 3.88. The molecule has 0 radical (unpaired) electrons. The maximum absolute atomic E-state index is 10.1. The smallest absolute Gasteiger partial charge is 0.242 e. The molecule has 0 aromatic carbocycles. The van der Waals surface area contributed by atoms with Crippen molar-refractivity contribution in [1.29, 1.82) is 0 Å². The van der Waals surface area contributed by atoms with Crippen LogP contribution in [-0.4, -0.2) is 15.9 Å². The number of halogens is 1. The predicted octanol–water partition coefficient (Wildman–Crippen LogP) is 2.03. The number of aromatic nitrogens is 2. The molecule has 0 saturated heterocycles. The summed E-state index contributed by atoms with van der Waals surface area (Å²) in [7, 11) is 1.77. The van der Waals surface area contributed by atoms with E-state index in [2.05, 4.69) is 26.0 Å². The van der Waals surface area contributed by atoms with Gasteiger partial charge in [0, 0.05) is 13.0 Å². The fourth-order valence-electron chi connectivity index (χ4n) is 1.29. The second-order valence-corrected chi connectivity index (χ2v) is 3.92. The number of isocyanates is 1. The highest BCUT2D eigenvalue weighted by atomic mass is 79.9. The van der Waals surface area contributed by atoms with E-state index in [1.165, 1.54) is 18.9 Å². The van der Waals surface area contributed by atoms with Crippen LogP contribution >= 0.6 is 15.9 Å². The van der Waals surface area contributed by atoms with Crippen molar-refractivity contribution in [2.24, 2.45) is 12.0 Å². The maximum atomic E-state index is 10.1. The molecule has 0 N–H and O–H groups in total. The molecule has 1 fully saturated rings. The first-order valence-corrected chi connectivity index (χ1v) is 4.83. The van der Waals surface area contributed by atoms with Gasteiger partial charge < -0.3 is 0 Å². The van der Waals surface area contributed by atoms with Crippen molar-refractivity contribution in [2.45, 2.75) is 18.8 Å². The highest BCUT2D eigenvalue weighted by molar-refractivity contribution is 9.10. The summed E-state index contributed by atoms with van der Waals surface area (Å²) in [5, 5.41) is 4.29. The highest BCUT2D eigenvalue weighted by Gasteiger charge is 2.30. The Morgan fingerprint density at radius 3 is 2.92 bits per heavy atom. The van der Waals surface area contributed by atoms with Crippen LogP contribution in [0.2, 0.25) is 0 Å². The number of aryl methyl sites for hydroxylation is 1. The third-order valence-electron chi connectivity index (χ3n) is 2.10. The highest BCUT2D eigenvalue weighted by Crippen LogP contribution is 2.45. The van der Waals surface area contributed by atoms with Gasteiger partial charge in [0.2, 0.25) is 6.08 Å². The zero-order valence-electron chi connectivity index (χ0n) is 7.12. The molecule has 1 aliphatic carbocycles. The molecular weight excluding hydrogens is 234 g/mol. The normalized spacial score (nSPS) is 15.5. The van der Waals surface area contributed by atoms with Crippen LogP contribution < -0.4 is 0 Å². The summed E-state index contributed by atoms with van der Waals surface area (Å²) >= 11 is 3.39. The maximum Gasteiger partial charge on any atom is 0.242 e. The molecule has 0 atom stereocenters. The zero-order chi connectivity index (χ0) is 9.42. The summed E-state index contributed by atoms with van der Waals surface area (Å²) in [4.78, 5) is 13.7. The SMILES string of the molecule is Cn1nc(C2CC2)c(Br)c1N=C=O. The van der Waals surface area contributed by atoms with E-state index in [0.717, 1.165) is 10.2 Å². The molecule has 1 aromatic heterocycles. The van der Waals surface area contributed by atoms with E-state index in [1.54, 1.807) is 11.7 Å². The molecule has 0 unspecified atom stereocenters. The third kappa shape index (κ3) is 1.45. The van der Waals surface area contributed by atoms with E-state index in [-0.39, 0.29) is 0 Å². The van der Waals surface area contributed by atoms with Gasteiger partial charge >= 0.3 is 0 Å². The second-order valence-electron chi connectivity index (χ2n) is 3.12. The van der Waals surface area contributed by atoms with Crippen molar-refractivity contribution in [2.75, 3.05) is 0 Å². The summed E-state index contributed by atoms with van der Waals surface area (Å²) in [5.74, 6) is 1.10. The Morgan fingerprint density at radius 2 is 2.38 bits per heavy atom. The molecular formula is C8H8BrN3O. The first-order chi connectivity index (χ1) is 6.24. The van der Waals surface area contributed by atoms with Crippen LogP contribution in [0.25, 0.3) is 0 Å². The average molecular weight is 242 g/mol. The van der Waals surface area contributed by atoms with Gasteiger partial charge in [0.15, 0.2) is 5.82 Å². The van der Waals surface area contributed by atoms with Crippen LogP contribution in [0.3, 0.4) is 0 Å². The van der Waals surface area contributed by atoms with Crippen molar-refractivity contribution in [1.82, 2.24) is 9.78 Å². The van der Waals surface area contributed by atoms with E-state index < -0.39 is 0 Å². The Bertz CT molecular complexity index is 388. The Hall–Kier alpha value is -0.930. The summed E-state index contributed by atoms with van der Waals surface area (Å²) in [5.41, 5.74) is 1.01. The molecule has 4 nitrogen and oxygen atoms in total. The molecule has 1 aromatic rings. The van der Waals surface area contributed by atoms with Gasteiger partial charge in [-0.25, -0.2) is 9.48 Å². The number of nitrogens with zero attached hydrogens (tertiary/aromatic N) is 3. The van der Waals surface area contributed by atoms with Gasteiger partial charge in [-0.1, -0.05) is 0 Å². The lowest BCUT2D eigenvalue weighted by molar-refractivity contribution is 0.564. The molecule has 0 bridgehead atoms. The van der Waals surface area contributed by atoms with Gasteiger partial charge in [-0.2, -0.15) is 5.10 Å². The molecule has 1 aliphatic rings. The second kappa shape index (κ2) is 3.09. The largest absolute Gasteiger partial charge is 0.249 e. The topological polar surface area (TPSA) is 47.2 Å². The first kappa shape index (κ1) is 8.66. The number of hydrogen-bond acceptors (Lipinski definition) is 3. The van der Waals surface area contributed by atoms with Crippen molar-refractivity contribution in [3.63, 3.8) is 0 Å². The van der Waals surface area contributed by atoms with E-state index in [9.17, 15) is 4.79 Å². The third-order valence-corrected chi connectivity index (χ3v) is 2.86. The van der Waals surface area contributed by atoms with Gasteiger partial charge in [0.05, 0.1) is 10.2 Å². The van der Waals surface area contributed by atoms with Gasteiger partial charge in [-0.05, 0) is 28.8 Å². The van der Waals surface area contributed by atoms with Crippen molar-refractivity contribution < 1.29 is 4.79 Å². The molecule has 0 aliphatic heterocycles. The minimum Gasteiger partial charge on any atom is -0.249 e. The fourth-order valence-corrected chi connectivity index (χ4v) is 2.04. The zero-order valence-corrected chi connectivity index (χ0v) is 8.71. The minimum absolute atomic E-state index is 0.552. The van der Waals surface area contributed by atoms with Crippen LogP contribution in [0.15, 0.2) is 9.47 Å². The van der Waals surface area contributed by atoms with Crippen LogP contribution in [0.1, 0.15) is 24.5 Å². The quantitative estimate of drug-likeness (QED) is 0.588. The summed E-state index contributed by atoms with van der Waals surface area (Å²) in [6, 6.07) is 0. The Kier molecular flexibility index (Phi) is 2.06. The molecule has 5 heteroatoms. The number of hydrogen-bond donors (Lipinski definition) is 0. The first-order valence-electron chi connectivity index (χ1n) is 4.04. The van der Waals surface area contributed by atoms with Gasteiger partial charge in [0.25, 0.3) is 0 Å². The van der Waals surface area contributed by atoms with E-state index in [0.29, 0.717) is 11.7 Å². The lowest BCUT2D eigenvalue weighted by Crippen LogP contribution is -1.90. The number of carbonyl (C=O) groups excluding carboxylic acids is 1. The Morgan fingerprint density at radius 1 is 1.69 bits per heavy atom. The summed E-state index contributed by atoms with van der Waals surface area (Å²) in [6.45, 7) is 0. The van der Waals surface area contributed by atoms with Crippen LogP contribution in [-0.2, 0) is 11.8 Å². The summed E-state index contributed by atoms with van der Waals surface area (Å²) < 4.78 is 2.43. The van der Waals surface area contributed by atoms with Gasteiger partial charge in [-0.3, -0.25) is 0 Å². The standard InChI is InChI=1S/C8H8BrN3O/c1-12-8(10-4-13)6(9)7(11-12)5-2-3-5/h5H,2-3H2,1H3. The van der Waals surface area contributed by atoms with Gasteiger partial charge in [-0.15, -0.1) is 4.99 Å². The van der Waals surface area contributed by atoms with Crippen molar-refractivity contribution >= 4 is 27.8 Å². The van der Waals surface area contributed by atoms with E-state index in [4.69, 9.17) is 0 Å². The van der Waals surface area contributed by atoms with Crippen molar-refractivity contribution in [3.8, 4) is 0 Å². The van der Waals surface area contributed by atoms with Crippen LogP contribution in [0.4, 0.5) is 5.82 Å². The average Bonchev–Trinajstić information content (AvgIpc) is 2.88. The van der Waals surface area contributed by atoms with Crippen molar-refractivity contribution in [3.05, 3.63) is 10.2 Å². The molecule has 1 heterocycles. The monoisotopic (exact) mass is 241 g/mol. The number of aliphatic imine (C=N–C) groups is 1. The molecule has 13 heavy (non-hydrogen) atoms. The van der Waals surface area contributed by atoms with Crippen LogP contribution in [0, 0.1) is 0 Å². The number of rotatable bonds is 2. The molecule has 2 rings (SSSR count). The van der Waals surface area contributed by atoms with E-state index >= 15 is 0 Å². The molecule has 0 amide bonds. The Labute approximate surface area is 83.8 Å². The Balaban J connectivity index is 2.49. The lowest BCUT2D eigenvalue weighted by Gasteiger charge is -1.89. The lowest BCUT2D eigenvalue weighted by atomic mass is 10.3. The molecule has 1 saturated carbocycles. The van der Waals surface area contributed by atoms with E-state index in [1.807, 2.05) is 0 Å².